The Balaban J connectivity index is 0.000000921. The highest BCUT2D eigenvalue weighted by atomic mass is 79.9. The van der Waals surface area contributed by atoms with Crippen LogP contribution in [-0.4, -0.2) is 12.1 Å². The van der Waals surface area contributed by atoms with Gasteiger partial charge in [0.1, 0.15) is 0 Å². The van der Waals surface area contributed by atoms with E-state index in [-0.39, 0.29) is 6.10 Å². The molecule has 0 bridgehead atoms. The van der Waals surface area contributed by atoms with E-state index in [1.807, 2.05) is 27.7 Å². The van der Waals surface area contributed by atoms with Crippen LogP contribution in [0.4, 0.5) is 5.69 Å². The standard InChI is InChI=1S/C9H13BrN2O.C2H6/c1-5-9(10)8(6(2)13-3)7(11)4-12-5;1-2/h4,6H,11H2,1-3H3;1-2H3. The van der Waals surface area contributed by atoms with Crippen molar-refractivity contribution < 1.29 is 4.74 Å². The van der Waals surface area contributed by atoms with Gasteiger partial charge in [0.25, 0.3) is 0 Å². The van der Waals surface area contributed by atoms with Crippen molar-refractivity contribution in [1.29, 1.82) is 0 Å². The van der Waals surface area contributed by atoms with E-state index in [0.29, 0.717) is 5.69 Å². The van der Waals surface area contributed by atoms with Crippen molar-refractivity contribution in [2.24, 2.45) is 0 Å². The molecule has 15 heavy (non-hydrogen) atoms. The van der Waals surface area contributed by atoms with Gasteiger partial charge in [-0.25, -0.2) is 0 Å². The van der Waals surface area contributed by atoms with Crippen LogP contribution >= 0.6 is 15.9 Å². The first kappa shape index (κ1) is 14.4. The quantitative estimate of drug-likeness (QED) is 0.899. The lowest BCUT2D eigenvalue weighted by Gasteiger charge is -2.15. The van der Waals surface area contributed by atoms with Crippen molar-refractivity contribution in [3.8, 4) is 0 Å². The van der Waals surface area contributed by atoms with Gasteiger partial charge in [0.05, 0.1) is 23.7 Å². The van der Waals surface area contributed by atoms with Crippen molar-refractivity contribution >= 4 is 21.6 Å². The van der Waals surface area contributed by atoms with Gasteiger partial charge in [0.15, 0.2) is 0 Å². The summed E-state index contributed by atoms with van der Waals surface area (Å²) < 4.78 is 6.15. The number of anilines is 1. The van der Waals surface area contributed by atoms with Crippen molar-refractivity contribution in [2.45, 2.75) is 33.8 Å². The van der Waals surface area contributed by atoms with E-state index in [1.165, 1.54) is 0 Å². The summed E-state index contributed by atoms with van der Waals surface area (Å²) in [6, 6.07) is 0. The number of methoxy groups -OCH3 is 1. The average molecular weight is 275 g/mol. The third kappa shape index (κ3) is 3.47. The molecule has 0 radical (unpaired) electrons. The molecule has 0 saturated heterocycles. The third-order valence-corrected chi connectivity index (χ3v) is 3.02. The Morgan fingerprint density at radius 3 is 2.47 bits per heavy atom. The molecule has 3 nitrogen and oxygen atoms in total. The minimum Gasteiger partial charge on any atom is -0.397 e. The molecular weight excluding hydrogens is 256 g/mol. The Labute approximate surface area is 100 Å². The zero-order valence-corrected chi connectivity index (χ0v) is 11.6. The molecule has 0 fully saturated rings. The van der Waals surface area contributed by atoms with Gasteiger partial charge in [-0.3, -0.25) is 4.98 Å². The van der Waals surface area contributed by atoms with Gasteiger partial charge in [0.2, 0.25) is 0 Å². The fourth-order valence-electron chi connectivity index (χ4n) is 1.15. The molecule has 0 aromatic carbocycles. The first-order valence-electron chi connectivity index (χ1n) is 5.01. The molecule has 0 spiro atoms. The Bertz CT molecular complexity index is 316. The first-order valence-corrected chi connectivity index (χ1v) is 5.80. The number of nitrogens with two attached hydrogens (primary N) is 1. The summed E-state index contributed by atoms with van der Waals surface area (Å²) >= 11 is 3.45. The monoisotopic (exact) mass is 274 g/mol. The van der Waals surface area contributed by atoms with Crippen LogP contribution < -0.4 is 5.73 Å². The number of ether oxygens (including phenoxy) is 1. The van der Waals surface area contributed by atoms with Crippen LogP contribution in [0.3, 0.4) is 0 Å². The number of hydrogen-bond acceptors (Lipinski definition) is 3. The largest absolute Gasteiger partial charge is 0.397 e. The molecule has 0 aliphatic carbocycles. The van der Waals surface area contributed by atoms with E-state index in [4.69, 9.17) is 10.5 Å². The summed E-state index contributed by atoms with van der Waals surface area (Å²) in [4.78, 5) is 4.13. The van der Waals surface area contributed by atoms with E-state index in [1.54, 1.807) is 13.3 Å². The van der Waals surface area contributed by atoms with E-state index in [0.717, 1.165) is 15.7 Å². The summed E-state index contributed by atoms with van der Waals surface area (Å²) in [6.07, 6.45) is 1.64. The highest BCUT2D eigenvalue weighted by Gasteiger charge is 2.14. The molecule has 0 aliphatic heterocycles. The van der Waals surface area contributed by atoms with Crippen molar-refractivity contribution in [1.82, 2.24) is 4.98 Å². The second-order valence-electron chi connectivity index (χ2n) is 2.90. The van der Waals surface area contributed by atoms with Crippen LogP contribution in [0.2, 0.25) is 0 Å². The number of nitrogens with zero attached hydrogens (tertiary/aromatic N) is 1. The number of aromatic nitrogens is 1. The number of nitrogen functional groups attached to an aromatic ring is 1. The lowest BCUT2D eigenvalue weighted by molar-refractivity contribution is 0.119. The van der Waals surface area contributed by atoms with Gasteiger partial charge in [-0.1, -0.05) is 13.8 Å². The molecule has 2 N–H and O–H groups in total. The second-order valence-corrected chi connectivity index (χ2v) is 3.70. The van der Waals surface area contributed by atoms with Gasteiger partial charge in [-0.2, -0.15) is 0 Å². The van der Waals surface area contributed by atoms with E-state index >= 15 is 0 Å². The molecular formula is C11H19BrN2O. The van der Waals surface area contributed by atoms with Crippen LogP contribution in [0.15, 0.2) is 10.7 Å². The second kappa shape index (κ2) is 6.80. The Morgan fingerprint density at radius 2 is 2.00 bits per heavy atom. The smallest absolute Gasteiger partial charge is 0.0825 e. The predicted molar refractivity (Wildman–Crippen MR) is 67.9 cm³/mol. The average Bonchev–Trinajstić information content (AvgIpc) is 2.26. The summed E-state index contributed by atoms with van der Waals surface area (Å²) in [7, 11) is 1.66. The minimum atomic E-state index is -0.0175. The predicted octanol–water partition coefficient (Wildman–Crippen LogP) is 3.47. The zero-order chi connectivity index (χ0) is 12.0. The minimum absolute atomic E-state index is 0.0175. The van der Waals surface area contributed by atoms with Crippen LogP contribution in [0.25, 0.3) is 0 Å². The molecule has 1 heterocycles. The fourth-order valence-corrected chi connectivity index (χ4v) is 1.80. The highest BCUT2D eigenvalue weighted by molar-refractivity contribution is 9.10. The summed E-state index contributed by atoms with van der Waals surface area (Å²) in [6.45, 7) is 7.88. The summed E-state index contributed by atoms with van der Waals surface area (Å²) in [5, 5.41) is 0. The van der Waals surface area contributed by atoms with E-state index < -0.39 is 0 Å². The van der Waals surface area contributed by atoms with Crippen molar-refractivity contribution in [2.75, 3.05) is 12.8 Å². The number of halogens is 1. The third-order valence-electron chi connectivity index (χ3n) is 2.02. The van der Waals surface area contributed by atoms with Crippen LogP contribution in [0.5, 0.6) is 0 Å². The molecule has 4 heteroatoms. The zero-order valence-electron chi connectivity index (χ0n) is 9.97. The van der Waals surface area contributed by atoms with E-state index in [9.17, 15) is 0 Å². The van der Waals surface area contributed by atoms with Crippen LogP contribution in [0, 0.1) is 6.92 Å². The summed E-state index contributed by atoms with van der Waals surface area (Å²) in [5.41, 5.74) is 8.35. The Kier molecular flexibility index (Phi) is 6.52. The first-order chi connectivity index (χ1) is 7.07. The molecule has 0 amide bonds. The van der Waals surface area contributed by atoms with Crippen LogP contribution in [0.1, 0.15) is 38.1 Å². The van der Waals surface area contributed by atoms with Crippen molar-refractivity contribution in [3.63, 3.8) is 0 Å². The molecule has 0 aliphatic rings. The maximum Gasteiger partial charge on any atom is 0.0825 e. The Hall–Kier alpha value is -0.610. The number of aryl methyl sites for hydroxylation is 1. The van der Waals surface area contributed by atoms with Crippen LogP contribution in [-0.2, 0) is 4.74 Å². The lowest BCUT2D eigenvalue weighted by atomic mass is 10.1. The molecule has 1 rings (SSSR count). The summed E-state index contributed by atoms with van der Waals surface area (Å²) in [5.74, 6) is 0. The fraction of sp³-hybridized carbons (Fsp3) is 0.545. The molecule has 86 valence electrons. The van der Waals surface area contributed by atoms with E-state index in [2.05, 4.69) is 20.9 Å². The molecule has 1 unspecified atom stereocenters. The number of hydrogen-bond donors (Lipinski definition) is 1. The number of pyridine rings is 1. The van der Waals surface area contributed by atoms with Crippen molar-refractivity contribution in [3.05, 3.63) is 21.9 Å². The van der Waals surface area contributed by atoms with Gasteiger partial charge >= 0.3 is 0 Å². The van der Waals surface area contributed by atoms with Gasteiger partial charge in [-0.15, -0.1) is 0 Å². The normalized spacial score (nSPS) is 11.6. The topological polar surface area (TPSA) is 48.1 Å². The Morgan fingerprint density at radius 1 is 1.47 bits per heavy atom. The van der Waals surface area contributed by atoms with Gasteiger partial charge in [0, 0.05) is 17.1 Å². The molecule has 1 aromatic heterocycles. The lowest BCUT2D eigenvalue weighted by Crippen LogP contribution is -2.04. The molecule has 0 saturated carbocycles. The SMILES string of the molecule is CC.COC(C)c1c(N)cnc(C)c1Br. The maximum atomic E-state index is 5.79. The van der Waals surface area contributed by atoms with Gasteiger partial charge in [-0.05, 0) is 29.8 Å². The number of rotatable bonds is 2. The molecule has 1 atom stereocenters. The maximum absolute atomic E-state index is 5.79. The highest BCUT2D eigenvalue weighted by Crippen LogP contribution is 2.31. The van der Waals surface area contributed by atoms with Gasteiger partial charge < -0.3 is 10.5 Å². The molecule has 1 aromatic rings.